The largest absolute Gasteiger partial charge is 0.359 e. The van der Waals surface area contributed by atoms with Crippen LogP contribution >= 0.6 is 22.7 Å². The van der Waals surface area contributed by atoms with Gasteiger partial charge in [-0.25, -0.2) is 4.98 Å². The minimum atomic E-state index is -0.287. The molecule has 3 aromatic heterocycles. The summed E-state index contributed by atoms with van der Waals surface area (Å²) in [6, 6.07) is 6.20. The van der Waals surface area contributed by atoms with Gasteiger partial charge in [-0.15, -0.1) is 22.7 Å². The Kier molecular flexibility index (Phi) is 3.67. The first kappa shape index (κ1) is 16.5. The molecule has 1 atom stereocenters. The first-order valence-electron chi connectivity index (χ1n) is 8.31. The molecule has 0 aliphatic carbocycles. The number of carbonyl (C=O) groups excluding carboxylic acids is 1. The number of hydrogen-bond donors (Lipinski definition) is 1. The number of rotatable bonds is 1. The zero-order valence-electron chi connectivity index (χ0n) is 15.0. The number of aromatic nitrogens is 1. The minimum Gasteiger partial charge on any atom is -0.359 e. The zero-order chi connectivity index (χ0) is 17.9. The highest BCUT2D eigenvalue weighted by molar-refractivity contribution is 7.21. The predicted molar refractivity (Wildman–Crippen MR) is 106 cm³/mol. The van der Waals surface area contributed by atoms with Crippen molar-refractivity contribution in [2.45, 2.75) is 46.3 Å². The number of thiophene rings is 2. The maximum absolute atomic E-state index is 13.4. The van der Waals surface area contributed by atoms with Crippen LogP contribution in [-0.2, 0) is 0 Å². The number of carbonyl (C=O) groups is 1. The van der Waals surface area contributed by atoms with Crippen LogP contribution in [0.3, 0.4) is 0 Å². The van der Waals surface area contributed by atoms with E-state index in [0.717, 1.165) is 36.9 Å². The molecule has 1 amide bonds. The molecule has 4 heterocycles. The van der Waals surface area contributed by atoms with Gasteiger partial charge in [0.25, 0.3) is 5.91 Å². The first-order valence-corrected chi connectivity index (χ1v) is 10.0. The summed E-state index contributed by atoms with van der Waals surface area (Å²) in [4.78, 5) is 22.9. The Labute approximate surface area is 155 Å². The molecule has 6 heteroatoms. The molecule has 0 radical (unpaired) electrons. The number of aryl methyl sites for hydroxylation is 2. The molecule has 0 spiro atoms. The highest BCUT2D eigenvalue weighted by Gasteiger charge is 2.42. The lowest BCUT2D eigenvalue weighted by molar-refractivity contribution is 0.0466. The summed E-state index contributed by atoms with van der Waals surface area (Å²) in [5, 5.41) is 6.79. The van der Waals surface area contributed by atoms with Crippen LogP contribution < -0.4 is 5.32 Å². The van der Waals surface area contributed by atoms with E-state index in [1.165, 1.54) is 11.3 Å². The van der Waals surface area contributed by atoms with E-state index in [1.807, 2.05) is 17.9 Å². The summed E-state index contributed by atoms with van der Waals surface area (Å²) in [7, 11) is 0. The van der Waals surface area contributed by atoms with E-state index in [2.05, 4.69) is 55.5 Å². The normalized spacial score (nSPS) is 17.7. The summed E-state index contributed by atoms with van der Waals surface area (Å²) < 4.78 is 0. The zero-order valence-corrected chi connectivity index (χ0v) is 16.6. The Morgan fingerprint density at radius 3 is 2.68 bits per heavy atom. The second-order valence-corrected chi connectivity index (χ2v) is 9.45. The molecular formula is C19H21N3OS2. The fraction of sp³-hybridized carbons (Fsp3) is 0.368. The van der Waals surface area contributed by atoms with Gasteiger partial charge in [0.2, 0.25) is 0 Å². The van der Waals surface area contributed by atoms with Crippen LogP contribution in [0.15, 0.2) is 23.6 Å². The molecule has 1 aliphatic rings. The number of nitrogens with zero attached hydrogens (tertiary/aromatic N) is 2. The number of anilines is 1. The van der Waals surface area contributed by atoms with Crippen molar-refractivity contribution in [3.05, 3.63) is 44.6 Å². The molecule has 4 rings (SSSR count). The fourth-order valence-electron chi connectivity index (χ4n) is 3.50. The van der Waals surface area contributed by atoms with E-state index in [1.54, 1.807) is 11.3 Å². The van der Waals surface area contributed by atoms with E-state index in [9.17, 15) is 4.79 Å². The van der Waals surface area contributed by atoms with Gasteiger partial charge in [0, 0.05) is 21.5 Å². The molecule has 0 bridgehead atoms. The van der Waals surface area contributed by atoms with Crippen molar-refractivity contribution < 1.29 is 4.79 Å². The Bertz CT molecular complexity index is 967. The Balaban J connectivity index is 1.96. The van der Waals surface area contributed by atoms with Crippen LogP contribution in [0.1, 0.15) is 52.7 Å². The summed E-state index contributed by atoms with van der Waals surface area (Å²) in [5.74, 6) is 0.0831. The Morgan fingerprint density at radius 2 is 2.04 bits per heavy atom. The van der Waals surface area contributed by atoms with Crippen LogP contribution in [0.5, 0.6) is 0 Å². The van der Waals surface area contributed by atoms with Crippen LogP contribution in [0.25, 0.3) is 10.2 Å². The molecule has 0 aromatic carbocycles. The lowest BCUT2D eigenvalue weighted by atomic mass is 10.0. The van der Waals surface area contributed by atoms with Crippen molar-refractivity contribution in [3.63, 3.8) is 0 Å². The number of nitrogens with one attached hydrogen (secondary N) is 1. The standard InChI is InChI=1S/C19H21N3OS2/c1-10-9-11(2)20-17-13(10)14-15(25-17)18(23)22(19(3,4)5)16(21-14)12-7-6-8-24-12/h6-9,16,21H,1-5H3/t16-/m1/s1. The average molecular weight is 372 g/mol. The van der Waals surface area contributed by atoms with Crippen molar-refractivity contribution >= 4 is 44.5 Å². The lowest BCUT2D eigenvalue weighted by Gasteiger charge is -2.44. The van der Waals surface area contributed by atoms with Crippen LogP contribution in [0, 0.1) is 13.8 Å². The summed E-state index contributed by atoms with van der Waals surface area (Å²) in [6.07, 6.45) is -0.154. The number of pyridine rings is 1. The molecule has 3 aromatic rings. The smallest absolute Gasteiger partial charge is 0.268 e. The fourth-order valence-corrected chi connectivity index (χ4v) is 5.46. The minimum absolute atomic E-state index is 0.0831. The predicted octanol–water partition coefficient (Wildman–Crippen LogP) is 5.34. The molecule has 25 heavy (non-hydrogen) atoms. The van der Waals surface area contributed by atoms with Crippen molar-refractivity contribution in [2.24, 2.45) is 0 Å². The molecular weight excluding hydrogens is 350 g/mol. The molecule has 0 saturated carbocycles. The third kappa shape index (κ3) is 2.55. The number of hydrogen-bond acceptors (Lipinski definition) is 5. The van der Waals surface area contributed by atoms with Crippen LogP contribution in [-0.4, -0.2) is 21.3 Å². The summed E-state index contributed by atoms with van der Waals surface area (Å²) >= 11 is 3.17. The van der Waals surface area contributed by atoms with Gasteiger partial charge in [-0.05, 0) is 57.7 Å². The lowest BCUT2D eigenvalue weighted by Crippen LogP contribution is -2.52. The monoisotopic (exact) mass is 371 g/mol. The first-order chi connectivity index (χ1) is 11.8. The highest BCUT2D eigenvalue weighted by Crippen LogP contribution is 2.46. The summed E-state index contributed by atoms with van der Waals surface area (Å²) in [5.41, 5.74) is 2.80. The molecule has 0 unspecified atom stereocenters. The molecule has 4 nitrogen and oxygen atoms in total. The third-order valence-electron chi connectivity index (χ3n) is 4.47. The van der Waals surface area contributed by atoms with E-state index in [0.29, 0.717) is 0 Å². The molecule has 1 N–H and O–H groups in total. The van der Waals surface area contributed by atoms with Crippen molar-refractivity contribution in [2.75, 3.05) is 5.32 Å². The van der Waals surface area contributed by atoms with E-state index >= 15 is 0 Å². The maximum Gasteiger partial charge on any atom is 0.268 e. The molecule has 1 aliphatic heterocycles. The quantitative estimate of drug-likeness (QED) is 0.628. The van der Waals surface area contributed by atoms with E-state index in [-0.39, 0.29) is 17.6 Å². The van der Waals surface area contributed by atoms with E-state index < -0.39 is 0 Å². The second-order valence-electron chi connectivity index (χ2n) is 7.48. The van der Waals surface area contributed by atoms with Gasteiger partial charge in [-0.3, -0.25) is 4.79 Å². The van der Waals surface area contributed by atoms with Gasteiger partial charge >= 0.3 is 0 Å². The van der Waals surface area contributed by atoms with Gasteiger partial charge in [0.1, 0.15) is 15.9 Å². The highest BCUT2D eigenvalue weighted by atomic mass is 32.1. The molecule has 0 saturated heterocycles. The summed E-state index contributed by atoms with van der Waals surface area (Å²) in [6.45, 7) is 10.3. The SMILES string of the molecule is Cc1cc(C)c2c3c(sc2n1)C(=O)N(C(C)(C)C)[C@H](c1cccs1)N3. The molecule has 130 valence electrons. The third-order valence-corrected chi connectivity index (χ3v) is 6.47. The van der Waals surface area contributed by atoms with Crippen LogP contribution in [0.4, 0.5) is 5.69 Å². The molecule has 0 fully saturated rings. The van der Waals surface area contributed by atoms with Crippen molar-refractivity contribution in [1.29, 1.82) is 0 Å². The van der Waals surface area contributed by atoms with Crippen molar-refractivity contribution in [3.8, 4) is 0 Å². The Hall–Kier alpha value is -1.92. The van der Waals surface area contributed by atoms with Gasteiger partial charge in [-0.2, -0.15) is 0 Å². The van der Waals surface area contributed by atoms with Gasteiger partial charge in [-0.1, -0.05) is 6.07 Å². The van der Waals surface area contributed by atoms with Gasteiger partial charge in [0.15, 0.2) is 0 Å². The van der Waals surface area contributed by atoms with E-state index in [4.69, 9.17) is 0 Å². The van der Waals surface area contributed by atoms with Gasteiger partial charge < -0.3 is 10.2 Å². The number of fused-ring (bicyclic) bond motifs is 3. The van der Waals surface area contributed by atoms with Gasteiger partial charge in [0.05, 0.1) is 5.69 Å². The van der Waals surface area contributed by atoms with Crippen molar-refractivity contribution in [1.82, 2.24) is 9.88 Å². The second kappa shape index (κ2) is 5.54. The topological polar surface area (TPSA) is 45.2 Å². The maximum atomic E-state index is 13.4. The average Bonchev–Trinajstić information content (AvgIpc) is 3.12. The van der Waals surface area contributed by atoms with Crippen LogP contribution in [0.2, 0.25) is 0 Å². The Morgan fingerprint density at radius 1 is 1.28 bits per heavy atom. The number of amides is 1.